The van der Waals surface area contributed by atoms with E-state index in [-0.39, 0.29) is 0 Å². The molecule has 0 radical (unpaired) electrons. The van der Waals surface area contributed by atoms with E-state index in [0.717, 1.165) is 11.1 Å². The van der Waals surface area contributed by atoms with Crippen molar-refractivity contribution in [2.75, 3.05) is 14.2 Å². The first-order valence-corrected chi connectivity index (χ1v) is 7.53. The molecule has 0 fully saturated rings. The van der Waals surface area contributed by atoms with E-state index >= 15 is 0 Å². The van der Waals surface area contributed by atoms with Gasteiger partial charge in [0.15, 0.2) is 11.5 Å². The Balaban J connectivity index is 2.37. The normalized spacial score (nSPS) is 11.2. The van der Waals surface area contributed by atoms with Gasteiger partial charge in [-0.15, -0.1) is 0 Å². The molecule has 2 rings (SSSR count). The van der Waals surface area contributed by atoms with Gasteiger partial charge in [-0.2, -0.15) is 5.26 Å². The molecule has 3 heteroatoms. The highest BCUT2D eigenvalue weighted by Crippen LogP contribution is 2.31. The molecular formula is C20H21NO2. The summed E-state index contributed by atoms with van der Waals surface area (Å²) in [5.41, 5.74) is 3.67. The third-order valence-corrected chi connectivity index (χ3v) is 3.73. The van der Waals surface area contributed by atoms with E-state index in [4.69, 9.17) is 9.47 Å². The van der Waals surface area contributed by atoms with Gasteiger partial charge in [-0.3, -0.25) is 0 Å². The summed E-state index contributed by atoms with van der Waals surface area (Å²) in [4.78, 5) is 0. The van der Waals surface area contributed by atoms with E-state index in [1.54, 1.807) is 20.3 Å². The van der Waals surface area contributed by atoms with Crippen LogP contribution < -0.4 is 9.47 Å². The predicted molar refractivity (Wildman–Crippen MR) is 93.6 cm³/mol. The van der Waals surface area contributed by atoms with Gasteiger partial charge in [0.05, 0.1) is 25.9 Å². The van der Waals surface area contributed by atoms with E-state index in [2.05, 4.69) is 32.0 Å². The van der Waals surface area contributed by atoms with Crippen molar-refractivity contribution in [2.24, 2.45) is 0 Å². The molecule has 2 aromatic rings. The molecule has 0 aromatic heterocycles. The van der Waals surface area contributed by atoms with Gasteiger partial charge in [0.2, 0.25) is 0 Å². The lowest BCUT2D eigenvalue weighted by molar-refractivity contribution is 0.355. The van der Waals surface area contributed by atoms with E-state index in [1.165, 1.54) is 5.56 Å². The van der Waals surface area contributed by atoms with Crippen LogP contribution in [0, 0.1) is 11.3 Å². The number of allylic oxidation sites excluding steroid dienone is 1. The van der Waals surface area contributed by atoms with Gasteiger partial charge in [-0.05, 0) is 46.9 Å². The Bertz CT molecular complexity index is 737. The first-order chi connectivity index (χ1) is 11.1. The standard InChI is InChI=1S/C20H21NO2/c1-14(2)16-7-5-15(6-8-16)11-18(13-21)17-9-10-19(22-3)20(12-17)23-4/h5-12,14H,1-4H3. The van der Waals surface area contributed by atoms with Crippen molar-refractivity contribution in [3.63, 3.8) is 0 Å². The van der Waals surface area contributed by atoms with Crippen LogP contribution in [0.25, 0.3) is 11.6 Å². The Hall–Kier alpha value is -2.73. The van der Waals surface area contributed by atoms with Crippen LogP contribution >= 0.6 is 0 Å². The number of nitriles is 1. The molecule has 0 aliphatic rings. The lowest BCUT2D eigenvalue weighted by atomic mass is 9.99. The summed E-state index contributed by atoms with van der Waals surface area (Å²) >= 11 is 0. The molecular weight excluding hydrogens is 286 g/mol. The monoisotopic (exact) mass is 307 g/mol. The number of methoxy groups -OCH3 is 2. The molecule has 0 N–H and O–H groups in total. The van der Waals surface area contributed by atoms with Crippen molar-refractivity contribution in [1.29, 1.82) is 5.26 Å². The summed E-state index contributed by atoms with van der Waals surface area (Å²) in [6.45, 7) is 4.32. The minimum atomic E-state index is 0.495. The Labute approximate surface area is 137 Å². The van der Waals surface area contributed by atoms with E-state index in [9.17, 15) is 5.26 Å². The van der Waals surface area contributed by atoms with Crippen LogP contribution in [0.3, 0.4) is 0 Å². The van der Waals surface area contributed by atoms with Crippen molar-refractivity contribution in [3.8, 4) is 17.6 Å². The molecule has 0 saturated carbocycles. The van der Waals surface area contributed by atoms with Crippen LogP contribution in [0.5, 0.6) is 11.5 Å². The van der Waals surface area contributed by atoms with Crippen molar-refractivity contribution in [2.45, 2.75) is 19.8 Å². The predicted octanol–water partition coefficient (Wildman–Crippen LogP) is 4.89. The lowest BCUT2D eigenvalue weighted by Crippen LogP contribution is -1.92. The zero-order valence-electron chi connectivity index (χ0n) is 14.0. The van der Waals surface area contributed by atoms with Crippen molar-refractivity contribution in [3.05, 3.63) is 59.2 Å². The van der Waals surface area contributed by atoms with Gasteiger partial charge in [-0.1, -0.05) is 38.1 Å². The smallest absolute Gasteiger partial charge is 0.161 e. The fourth-order valence-electron chi connectivity index (χ4n) is 2.33. The zero-order chi connectivity index (χ0) is 16.8. The van der Waals surface area contributed by atoms with Gasteiger partial charge in [0, 0.05) is 0 Å². The maximum absolute atomic E-state index is 9.48. The first kappa shape index (κ1) is 16.6. The highest BCUT2D eigenvalue weighted by molar-refractivity contribution is 5.90. The van der Waals surface area contributed by atoms with Crippen molar-refractivity contribution >= 4 is 11.6 Å². The maximum Gasteiger partial charge on any atom is 0.161 e. The molecule has 0 spiro atoms. The molecule has 23 heavy (non-hydrogen) atoms. The molecule has 0 unspecified atom stereocenters. The summed E-state index contributed by atoms with van der Waals surface area (Å²) in [7, 11) is 3.18. The fourth-order valence-corrected chi connectivity index (χ4v) is 2.33. The number of benzene rings is 2. The summed E-state index contributed by atoms with van der Waals surface area (Å²) in [5, 5.41) is 9.48. The average molecular weight is 307 g/mol. The van der Waals surface area contributed by atoms with Crippen LogP contribution in [-0.4, -0.2) is 14.2 Å². The van der Waals surface area contributed by atoms with Crippen LogP contribution in [-0.2, 0) is 0 Å². The first-order valence-electron chi connectivity index (χ1n) is 7.53. The molecule has 3 nitrogen and oxygen atoms in total. The van der Waals surface area contributed by atoms with Gasteiger partial charge in [0.1, 0.15) is 0 Å². The highest BCUT2D eigenvalue weighted by Gasteiger charge is 2.08. The summed E-state index contributed by atoms with van der Waals surface area (Å²) < 4.78 is 10.5. The molecule has 0 aliphatic carbocycles. The van der Waals surface area contributed by atoms with E-state index < -0.39 is 0 Å². The number of ether oxygens (including phenoxy) is 2. The number of hydrogen-bond donors (Lipinski definition) is 0. The topological polar surface area (TPSA) is 42.2 Å². The minimum absolute atomic E-state index is 0.495. The molecule has 0 amide bonds. The second kappa shape index (κ2) is 7.51. The van der Waals surface area contributed by atoms with Crippen molar-refractivity contribution < 1.29 is 9.47 Å². The number of hydrogen-bond acceptors (Lipinski definition) is 3. The second-order valence-electron chi connectivity index (χ2n) is 5.56. The average Bonchev–Trinajstić information content (AvgIpc) is 2.59. The van der Waals surface area contributed by atoms with Gasteiger partial charge < -0.3 is 9.47 Å². The summed E-state index contributed by atoms with van der Waals surface area (Å²) in [6.07, 6.45) is 1.88. The Morgan fingerprint density at radius 2 is 1.65 bits per heavy atom. The van der Waals surface area contributed by atoms with E-state index in [0.29, 0.717) is 23.0 Å². The van der Waals surface area contributed by atoms with Gasteiger partial charge in [0.25, 0.3) is 0 Å². The zero-order valence-corrected chi connectivity index (χ0v) is 14.0. The Kier molecular flexibility index (Phi) is 5.43. The molecule has 0 saturated heterocycles. The van der Waals surface area contributed by atoms with Crippen LogP contribution in [0.15, 0.2) is 42.5 Å². The molecule has 0 aliphatic heterocycles. The van der Waals surface area contributed by atoms with Gasteiger partial charge in [-0.25, -0.2) is 0 Å². The lowest BCUT2D eigenvalue weighted by Gasteiger charge is -2.09. The van der Waals surface area contributed by atoms with Crippen LogP contribution in [0.1, 0.15) is 36.5 Å². The second-order valence-corrected chi connectivity index (χ2v) is 5.56. The number of nitrogens with zero attached hydrogens (tertiary/aromatic N) is 1. The summed E-state index contributed by atoms with van der Waals surface area (Å²) in [5.74, 6) is 1.76. The molecule has 0 bridgehead atoms. The van der Waals surface area contributed by atoms with Crippen LogP contribution in [0.4, 0.5) is 0 Å². The largest absolute Gasteiger partial charge is 0.493 e. The third-order valence-electron chi connectivity index (χ3n) is 3.73. The molecule has 118 valence electrons. The van der Waals surface area contributed by atoms with Crippen molar-refractivity contribution in [1.82, 2.24) is 0 Å². The highest BCUT2D eigenvalue weighted by atomic mass is 16.5. The molecule has 2 aromatic carbocycles. The van der Waals surface area contributed by atoms with Crippen LogP contribution in [0.2, 0.25) is 0 Å². The molecule has 0 heterocycles. The summed E-state index contributed by atoms with van der Waals surface area (Å²) in [6, 6.07) is 16.0. The fraction of sp³-hybridized carbons (Fsp3) is 0.250. The quantitative estimate of drug-likeness (QED) is 0.583. The minimum Gasteiger partial charge on any atom is -0.493 e. The number of rotatable bonds is 5. The SMILES string of the molecule is COc1ccc(C(C#N)=Cc2ccc(C(C)C)cc2)cc1OC. The Morgan fingerprint density at radius 1 is 1.00 bits per heavy atom. The van der Waals surface area contributed by atoms with E-state index in [1.807, 2.05) is 30.3 Å². The van der Waals surface area contributed by atoms with Gasteiger partial charge >= 0.3 is 0 Å². The maximum atomic E-state index is 9.48. The third kappa shape index (κ3) is 3.92. The Morgan fingerprint density at radius 3 is 2.17 bits per heavy atom. The molecule has 0 atom stereocenters.